The number of ether oxygens (including phenoxy) is 1. The smallest absolute Gasteiger partial charge is 0.335 e. The van der Waals surface area contributed by atoms with Crippen LogP contribution in [0.1, 0.15) is 35.8 Å². The van der Waals surface area contributed by atoms with Gasteiger partial charge in [-0.3, -0.25) is 0 Å². The fourth-order valence-electron chi connectivity index (χ4n) is 4.12. The van der Waals surface area contributed by atoms with Gasteiger partial charge in [0.1, 0.15) is 22.6 Å². The lowest BCUT2D eigenvalue weighted by atomic mass is 10.2. The van der Waals surface area contributed by atoms with Crippen molar-refractivity contribution in [3.05, 3.63) is 41.6 Å². The maximum Gasteiger partial charge on any atom is 0.335 e. The number of carboxylic acids is 1. The highest BCUT2D eigenvalue weighted by molar-refractivity contribution is 5.96. The predicted molar refractivity (Wildman–Crippen MR) is 115 cm³/mol. The van der Waals surface area contributed by atoms with Gasteiger partial charge >= 0.3 is 5.97 Å². The van der Waals surface area contributed by atoms with Crippen LogP contribution in [0.3, 0.4) is 0 Å². The Kier molecular flexibility index (Phi) is 4.47. The van der Waals surface area contributed by atoms with Crippen LogP contribution in [-0.2, 0) is 19.5 Å². The zero-order valence-electron chi connectivity index (χ0n) is 17.9. The Morgan fingerprint density at radius 3 is 2.62 bits per heavy atom. The van der Waals surface area contributed by atoms with Crippen molar-refractivity contribution in [3.8, 4) is 17.3 Å². The van der Waals surface area contributed by atoms with E-state index in [-0.39, 0.29) is 11.3 Å². The second-order valence-electron chi connectivity index (χ2n) is 8.43. The van der Waals surface area contributed by atoms with Crippen LogP contribution in [0, 0.1) is 5.92 Å². The predicted octanol–water partition coefficient (Wildman–Crippen LogP) is 4.82. The van der Waals surface area contributed by atoms with E-state index < -0.39 is 11.9 Å². The highest BCUT2D eigenvalue weighted by Crippen LogP contribution is 2.38. The van der Waals surface area contributed by atoms with Gasteiger partial charge in [-0.25, -0.2) is 14.8 Å². The molecule has 7 nitrogen and oxygen atoms in total. The van der Waals surface area contributed by atoms with E-state index in [1.54, 1.807) is 6.07 Å². The van der Waals surface area contributed by atoms with Gasteiger partial charge in [0.25, 0.3) is 5.92 Å². The molecule has 3 aromatic heterocycles. The molecule has 1 aliphatic carbocycles. The van der Waals surface area contributed by atoms with Crippen LogP contribution in [-0.4, -0.2) is 37.3 Å². The molecule has 1 fully saturated rings. The van der Waals surface area contributed by atoms with Gasteiger partial charge in [-0.1, -0.05) is 0 Å². The summed E-state index contributed by atoms with van der Waals surface area (Å²) in [5.41, 5.74) is 2.18. The Balaban J connectivity index is 1.76. The van der Waals surface area contributed by atoms with Crippen LogP contribution in [0.25, 0.3) is 33.6 Å². The minimum Gasteiger partial charge on any atom is -0.494 e. The van der Waals surface area contributed by atoms with Crippen molar-refractivity contribution in [2.75, 3.05) is 7.11 Å². The van der Waals surface area contributed by atoms with Crippen molar-refractivity contribution in [1.82, 2.24) is 19.1 Å². The van der Waals surface area contributed by atoms with Gasteiger partial charge < -0.3 is 19.0 Å². The van der Waals surface area contributed by atoms with Gasteiger partial charge in [0.2, 0.25) is 0 Å². The number of rotatable bonds is 6. The van der Waals surface area contributed by atoms with Crippen molar-refractivity contribution >= 4 is 28.0 Å². The fourth-order valence-corrected chi connectivity index (χ4v) is 4.12. The molecule has 1 saturated carbocycles. The Bertz CT molecular complexity index is 1380. The number of halogens is 2. The van der Waals surface area contributed by atoms with Crippen LogP contribution >= 0.6 is 0 Å². The lowest BCUT2D eigenvalue weighted by molar-refractivity contribution is 0.0130. The molecule has 0 bridgehead atoms. The van der Waals surface area contributed by atoms with Crippen LogP contribution in [0.4, 0.5) is 8.78 Å². The number of carboxylic acid groups (broad SMARTS) is 1. The SMILES string of the molecule is COc1cc(C(=O)O)cc2nc(-c3cc4ccc(C(C)(F)F)nc4n3CC3CC3)n(C)c12. The number of imidazole rings is 1. The van der Waals surface area contributed by atoms with E-state index in [0.717, 1.165) is 30.8 Å². The molecule has 0 spiro atoms. The zero-order valence-corrected chi connectivity index (χ0v) is 17.9. The van der Waals surface area contributed by atoms with Crippen molar-refractivity contribution in [2.45, 2.75) is 32.2 Å². The molecule has 0 aliphatic heterocycles. The number of benzene rings is 1. The van der Waals surface area contributed by atoms with Gasteiger partial charge in [-0.15, -0.1) is 0 Å². The molecule has 1 N–H and O–H groups in total. The molecule has 0 radical (unpaired) electrons. The molecule has 32 heavy (non-hydrogen) atoms. The van der Waals surface area contributed by atoms with Gasteiger partial charge in [-0.2, -0.15) is 8.78 Å². The average molecular weight is 440 g/mol. The van der Waals surface area contributed by atoms with Crippen molar-refractivity contribution < 1.29 is 23.4 Å². The monoisotopic (exact) mass is 440 g/mol. The van der Waals surface area contributed by atoms with E-state index in [1.165, 1.54) is 25.3 Å². The molecule has 1 aromatic carbocycles. The summed E-state index contributed by atoms with van der Waals surface area (Å²) in [4.78, 5) is 20.5. The Hall–Kier alpha value is -3.49. The summed E-state index contributed by atoms with van der Waals surface area (Å²) in [6, 6.07) is 7.88. The third-order valence-corrected chi connectivity index (χ3v) is 5.96. The summed E-state index contributed by atoms with van der Waals surface area (Å²) in [5, 5.41) is 10.2. The molecule has 4 aromatic rings. The molecule has 166 valence electrons. The van der Waals surface area contributed by atoms with E-state index in [4.69, 9.17) is 9.72 Å². The number of hydrogen-bond acceptors (Lipinski definition) is 4. The minimum atomic E-state index is -3.04. The Morgan fingerprint density at radius 1 is 1.25 bits per heavy atom. The number of nitrogens with zero attached hydrogens (tertiary/aromatic N) is 4. The summed E-state index contributed by atoms with van der Waals surface area (Å²) >= 11 is 0. The standard InChI is InChI=1S/C23H22F2N4O3/c1-23(24,25)18-7-6-13-9-16(29(20(13)27-18)11-12-4-5-12)21-26-15-8-14(22(30)31)10-17(32-3)19(15)28(21)2/h6-10,12H,4-5,11H2,1-3H3,(H,30,31). The average Bonchev–Trinajstić information content (AvgIpc) is 3.41. The third-order valence-electron chi connectivity index (χ3n) is 5.96. The summed E-state index contributed by atoms with van der Waals surface area (Å²) in [5.74, 6) is -2.65. The summed E-state index contributed by atoms with van der Waals surface area (Å²) in [7, 11) is 3.30. The molecular formula is C23H22F2N4O3. The summed E-state index contributed by atoms with van der Waals surface area (Å²) in [6.45, 7) is 1.50. The van der Waals surface area contributed by atoms with Crippen LogP contribution in [0.5, 0.6) is 5.75 Å². The Morgan fingerprint density at radius 2 is 2.00 bits per heavy atom. The highest BCUT2D eigenvalue weighted by Gasteiger charge is 2.30. The molecule has 0 atom stereocenters. The summed E-state index contributed by atoms with van der Waals surface area (Å²) < 4.78 is 37.1. The maximum absolute atomic E-state index is 14.0. The molecular weight excluding hydrogens is 418 g/mol. The van der Waals surface area contributed by atoms with E-state index >= 15 is 0 Å². The van der Waals surface area contributed by atoms with Crippen LogP contribution < -0.4 is 4.74 Å². The minimum absolute atomic E-state index is 0.0778. The highest BCUT2D eigenvalue weighted by atomic mass is 19.3. The van der Waals surface area contributed by atoms with E-state index in [2.05, 4.69) is 4.98 Å². The first-order chi connectivity index (χ1) is 15.2. The molecule has 5 rings (SSSR count). The zero-order chi connectivity index (χ0) is 22.8. The number of pyridine rings is 1. The first-order valence-electron chi connectivity index (χ1n) is 10.3. The number of hydrogen-bond donors (Lipinski definition) is 1. The first kappa shape index (κ1) is 20.4. The number of carbonyl (C=O) groups is 1. The first-order valence-corrected chi connectivity index (χ1v) is 10.3. The van der Waals surface area contributed by atoms with Crippen molar-refractivity contribution in [1.29, 1.82) is 0 Å². The van der Waals surface area contributed by atoms with Crippen molar-refractivity contribution in [3.63, 3.8) is 0 Å². The largest absolute Gasteiger partial charge is 0.494 e. The van der Waals surface area contributed by atoms with E-state index in [1.807, 2.05) is 22.2 Å². The number of aryl methyl sites for hydroxylation is 1. The lowest BCUT2D eigenvalue weighted by Gasteiger charge is -2.12. The van der Waals surface area contributed by atoms with Gasteiger partial charge in [0.15, 0.2) is 5.82 Å². The number of aromatic nitrogens is 4. The number of aromatic carboxylic acids is 1. The summed E-state index contributed by atoms with van der Waals surface area (Å²) in [6.07, 6.45) is 2.17. The molecule has 0 saturated heterocycles. The molecule has 1 aliphatic rings. The second-order valence-corrected chi connectivity index (χ2v) is 8.43. The number of methoxy groups -OCH3 is 1. The topological polar surface area (TPSA) is 82.2 Å². The molecule has 0 amide bonds. The van der Waals surface area contributed by atoms with Gasteiger partial charge in [-0.05, 0) is 49.1 Å². The molecule has 3 heterocycles. The number of fused-ring (bicyclic) bond motifs is 2. The van der Waals surface area contributed by atoms with Gasteiger partial charge in [0.05, 0.1) is 23.9 Å². The maximum atomic E-state index is 14.0. The Labute approximate surface area is 182 Å². The third kappa shape index (κ3) is 3.28. The normalized spacial score (nSPS) is 14.4. The quantitative estimate of drug-likeness (QED) is 0.465. The second kappa shape index (κ2) is 7.01. The van der Waals surface area contributed by atoms with Gasteiger partial charge in [0, 0.05) is 25.9 Å². The van der Waals surface area contributed by atoms with E-state index in [9.17, 15) is 18.7 Å². The lowest BCUT2D eigenvalue weighted by Crippen LogP contribution is -2.11. The molecule has 9 heteroatoms. The molecule has 0 unspecified atom stereocenters. The van der Waals surface area contributed by atoms with E-state index in [0.29, 0.717) is 40.7 Å². The van der Waals surface area contributed by atoms with Crippen LogP contribution in [0.15, 0.2) is 30.3 Å². The fraction of sp³-hybridized carbons (Fsp3) is 0.348. The van der Waals surface area contributed by atoms with Crippen LogP contribution in [0.2, 0.25) is 0 Å². The number of alkyl halides is 2. The van der Waals surface area contributed by atoms with Crippen molar-refractivity contribution in [2.24, 2.45) is 13.0 Å².